The van der Waals surface area contributed by atoms with Gasteiger partial charge in [0.2, 0.25) is 11.7 Å². The van der Waals surface area contributed by atoms with Crippen molar-refractivity contribution in [1.82, 2.24) is 16.0 Å². The molecule has 8 nitrogen and oxygen atoms in total. The molecule has 0 aliphatic carbocycles. The molecule has 0 aliphatic rings. The van der Waals surface area contributed by atoms with Crippen molar-refractivity contribution in [1.29, 1.82) is 0 Å². The van der Waals surface area contributed by atoms with Crippen LogP contribution in [0.4, 0.5) is 22.0 Å². The third-order valence-corrected chi connectivity index (χ3v) is 6.47. The van der Waals surface area contributed by atoms with Gasteiger partial charge in [-0.15, -0.1) is 0 Å². The highest BCUT2D eigenvalue weighted by atomic mass is 35.5. The highest BCUT2D eigenvalue weighted by Gasteiger charge is 2.51. The zero-order valence-corrected chi connectivity index (χ0v) is 23.9. The lowest BCUT2D eigenvalue weighted by molar-refractivity contribution is -0.162. The van der Waals surface area contributed by atoms with Crippen molar-refractivity contribution in [3.8, 4) is 5.75 Å². The molecular weight excluding hydrogens is 612 g/mol. The number of halogens is 7. The summed E-state index contributed by atoms with van der Waals surface area (Å²) in [5, 5.41) is 6.41. The second-order valence-electron chi connectivity index (χ2n) is 9.46. The summed E-state index contributed by atoms with van der Waals surface area (Å²) in [7, 11) is 0. The fourth-order valence-corrected chi connectivity index (χ4v) is 3.82. The maximum atomic E-state index is 14.7. The number of Topliss-reactive ketones (excluding diaryl/α,β-unsaturated/α-hetero) is 1. The second-order valence-corrected chi connectivity index (χ2v) is 10.3. The molecule has 0 saturated carbocycles. The first-order valence-corrected chi connectivity index (χ1v) is 13.3. The van der Waals surface area contributed by atoms with Gasteiger partial charge in [0.15, 0.2) is 6.61 Å². The summed E-state index contributed by atoms with van der Waals surface area (Å²) in [6, 6.07) is 9.28. The van der Waals surface area contributed by atoms with Crippen LogP contribution in [0, 0.1) is 5.92 Å². The van der Waals surface area contributed by atoms with Gasteiger partial charge in [0, 0.05) is 19.0 Å². The molecule has 3 amide bonds. The van der Waals surface area contributed by atoms with E-state index < -0.39 is 73.2 Å². The van der Waals surface area contributed by atoms with E-state index in [9.17, 15) is 41.1 Å². The van der Waals surface area contributed by atoms with E-state index in [0.717, 1.165) is 0 Å². The quantitative estimate of drug-likeness (QED) is 0.208. The van der Waals surface area contributed by atoms with Gasteiger partial charge in [-0.1, -0.05) is 67.4 Å². The number of alkyl halides is 5. The molecule has 0 aliphatic heterocycles. The highest BCUT2D eigenvalue weighted by Crippen LogP contribution is 2.26. The molecule has 2 rings (SSSR count). The fourth-order valence-electron chi connectivity index (χ4n) is 3.54. The predicted molar refractivity (Wildman–Crippen MR) is 144 cm³/mol. The van der Waals surface area contributed by atoms with Gasteiger partial charge in [0.1, 0.15) is 11.8 Å². The van der Waals surface area contributed by atoms with Crippen LogP contribution >= 0.6 is 23.2 Å². The third kappa shape index (κ3) is 10.8. The van der Waals surface area contributed by atoms with E-state index >= 15 is 0 Å². The number of nitrogens with one attached hydrogen (secondary N) is 3. The molecule has 2 aromatic carbocycles. The minimum atomic E-state index is -4.75. The van der Waals surface area contributed by atoms with E-state index in [1.54, 1.807) is 30.3 Å². The van der Waals surface area contributed by atoms with E-state index in [1.807, 2.05) is 0 Å². The Morgan fingerprint density at radius 2 is 1.55 bits per heavy atom. The lowest BCUT2D eigenvalue weighted by Crippen LogP contribution is -2.59. The van der Waals surface area contributed by atoms with Crippen molar-refractivity contribution in [2.75, 3.05) is 13.2 Å². The maximum absolute atomic E-state index is 14.7. The molecule has 0 spiro atoms. The zero-order valence-electron chi connectivity index (χ0n) is 22.4. The van der Waals surface area contributed by atoms with Gasteiger partial charge >= 0.3 is 12.1 Å². The van der Waals surface area contributed by atoms with Crippen LogP contribution in [0.1, 0.15) is 25.8 Å². The van der Waals surface area contributed by atoms with Crippen molar-refractivity contribution >= 4 is 46.7 Å². The Hall–Kier alpha value is -3.45. The molecule has 42 heavy (non-hydrogen) atoms. The molecule has 0 fully saturated rings. The van der Waals surface area contributed by atoms with Crippen LogP contribution in [0.15, 0.2) is 48.5 Å². The number of rotatable bonds is 14. The Labute approximate surface area is 248 Å². The summed E-state index contributed by atoms with van der Waals surface area (Å²) in [6.45, 7) is 0.894. The number of ketones is 1. The number of benzene rings is 2. The van der Waals surface area contributed by atoms with Gasteiger partial charge in [0.25, 0.3) is 11.8 Å². The number of amides is 3. The average molecular weight is 640 g/mol. The van der Waals surface area contributed by atoms with Gasteiger partial charge in [-0.2, -0.15) is 22.0 Å². The minimum Gasteiger partial charge on any atom is -0.484 e. The van der Waals surface area contributed by atoms with Gasteiger partial charge in [-0.05, 0) is 23.6 Å². The topological polar surface area (TPSA) is 114 Å². The van der Waals surface area contributed by atoms with E-state index in [1.165, 1.54) is 37.4 Å². The van der Waals surface area contributed by atoms with E-state index in [0.29, 0.717) is 5.56 Å². The third-order valence-electron chi connectivity index (χ3n) is 5.73. The first-order valence-electron chi connectivity index (χ1n) is 12.5. The lowest BCUT2D eigenvalue weighted by Gasteiger charge is -2.27. The molecule has 0 aromatic heterocycles. The molecule has 0 heterocycles. The number of ether oxygens (including phenoxy) is 1. The van der Waals surface area contributed by atoms with Crippen molar-refractivity contribution in [2.24, 2.45) is 5.92 Å². The summed E-state index contributed by atoms with van der Waals surface area (Å²) in [5.74, 6) is -11.6. The summed E-state index contributed by atoms with van der Waals surface area (Å²) in [6.07, 6.45) is -6.41. The normalized spacial score (nSPS) is 13.2. The fraction of sp³-hybridized carbons (Fsp3) is 0.407. The SMILES string of the molecule is CC(C)C(NC(=O)C(Cc1ccccc1)NC(=O)COc1ccc(Cl)c(Cl)c1)C(=O)C(F)(F)C(=O)NCCC(F)(F)F. The standard InChI is InChI=1S/C27H28Cl2F5N3O5/c1-15(2)22(23(39)27(33,34)25(41)35-11-10-26(30,31)32)37-24(40)20(12-16-6-4-3-5-7-16)36-21(38)14-42-17-8-9-18(28)19(29)13-17/h3-9,13,15,20,22H,10-12,14H2,1-2H3,(H,35,41)(H,36,38)(H,37,40). The average Bonchev–Trinajstić information content (AvgIpc) is 2.91. The van der Waals surface area contributed by atoms with E-state index in [4.69, 9.17) is 27.9 Å². The van der Waals surface area contributed by atoms with Crippen molar-refractivity contribution in [2.45, 2.75) is 50.9 Å². The first-order chi connectivity index (χ1) is 19.5. The molecule has 0 radical (unpaired) electrons. The maximum Gasteiger partial charge on any atom is 0.390 e. The zero-order chi connectivity index (χ0) is 31.7. The molecule has 0 saturated heterocycles. The lowest BCUT2D eigenvalue weighted by atomic mass is 9.94. The van der Waals surface area contributed by atoms with Crippen LogP contribution in [-0.2, 0) is 25.6 Å². The van der Waals surface area contributed by atoms with Crippen molar-refractivity contribution < 1.29 is 45.9 Å². The Morgan fingerprint density at radius 3 is 2.12 bits per heavy atom. The smallest absolute Gasteiger partial charge is 0.390 e. The molecular formula is C27H28Cl2F5N3O5. The molecule has 0 bridgehead atoms. The van der Waals surface area contributed by atoms with Crippen LogP contribution in [-0.4, -0.2) is 60.8 Å². The summed E-state index contributed by atoms with van der Waals surface area (Å²) >= 11 is 11.8. The van der Waals surface area contributed by atoms with Crippen LogP contribution in [0.3, 0.4) is 0 Å². The van der Waals surface area contributed by atoms with Gasteiger partial charge in [-0.25, -0.2) is 0 Å². The summed E-state index contributed by atoms with van der Waals surface area (Å²) in [4.78, 5) is 50.5. The van der Waals surface area contributed by atoms with Crippen LogP contribution in [0.5, 0.6) is 5.75 Å². The summed E-state index contributed by atoms with van der Waals surface area (Å²) in [5.41, 5.74) is 0.574. The number of hydrogen-bond acceptors (Lipinski definition) is 5. The molecule has 15 heteroatoms. The predicted octanol–water partition coefficient (Wildman–Crippen LogP) is 4.51. The van der Waals surface area contributed by atoms with E-state index in [2.05, 4.69) is 10.6 Å². The molecule has 2 unspecified atom stereocenters. The van der Waals surface area contributed by atoms with Crippen LogP contribution in [0.2, 0.25) is 10.0 Å². The van der Waals surface area contributed by atoms with Gasteiger partial charge < -0.3 is 20.7 Å². The van der Waals surface area contributed by atoms with Gasteiger partial charge in [-0.3, -0.25) is 19.2 Å². The Kier molecular flexibility index (Phi) is 12.5. The van der Waals surface area contributed by atoms with Crippen LogP contribution < -0.4 is 20.7 Å². The molecule has 230 valence electrons. The first kappa shape index (κ1) is 34.7. The monoisotopic (exact) mass is 639 g/mol. The Balaban J connectivity index is 2.17. The largest absolute Gasteiger partial charge is 0.484 e. The van der Waals surface area contributed by atoms with Crippen molar-refractivity contribution in [3.63, 3.8) is 0 Å². The molecule has 2 aromatic rings. The number of carbonyl (C=O) groups excluding carboxylic acids is 4. The number of hydrogen-bond donors (Lipinski definition) is 3. The summed E-state index contributed by atoms with van der Waals surface area (Å²) < 4.78 is 71.7. The van der Waals surface area contributed by atoms with E-state index in [-0.39, 0.29) is 22.2 Å². The highest BCUT2D eigenvalue weighted by molar-refractivity contribution is 6.42. The van der Waals surface area contributed by atoms with Gasteiger partial charge in [0.05, 0.1) is 22.5 Å². The number of carbonyl (C=O) groups is 4. The van der Waals surface area contributed by atoms with Crippen LogP contribution in [0.25, 0.3) is 0 Å². The van der Waals surface area contributed by atoms with Crippen molar-refractivity contribution in [3.05, 3.63) is 64.1 Å². The molecule has 3 N–H and O–H groups in total. The Bertz CT molecular complexity index is 1260. The minimum absolute atomic E-state index is 0.113. The Morgan fingerprint density at radius 1 is 0.905 bits per heavy atom. The second kappa shape index (κ2) is 15.1. The molecule has 2 atom stereocenters.